The van der Waals surface area contributed by atoms with Gasteiger partial charge in [-0.15, -0.1) is 0 Å². The fourth-order valence-corrected chi connectivity index (χ4v) is 3.69. The third-order valence-corrected chi connectivity index (χ3v) is 4.99. The zero-order valence-corrected chi connectivity index (χ0v) is 15.4. The first-order valence-electron chi connectivity index (χ1n) is 7.56. The first-order valence-corrected chi connectivity index (χ1v) is 8.73. The molecule has 0 spiro atoms. The maximum absolute atomic E-state index is 8.82. The van der Waals surface area contributed by atoms with E-state index in [0.29, 0.717) is 21.4 Å². The molecule has 2 aromatic carbocycles. The van der Waals surface area contributed by atoms with E-state index in [0.717, 1.165) is 24.1 Å². The van der Waals surface area contributed by atoms with Crippen molar-refractivity contribution in [3.8, 4) is 6.07 Å². The molecule has 7 heteroatoms. The van der Waals surface area contributed by atoms with E-state index < -0.39 is 5.41 Å². The van der Waals surface area contributed by atoms with E-state index in [1.54, 1.807) is 42.5 Å². The number of benzene rings is 2. The van der Waals surface area contributed by atoms with Gasteiger partial charge in [-0.3, -0.25) is 0 Å². The van der Waals surface area contributed by atoms with Gasteiger partial charge in [0, 0.05) is 21.3 Å². The molecule has 1 saturated carbocycles. The van der Waals surface area contributed by atoms with Crippen molar-refractivity contribution in [2.45, 2.75) is 18.3 Å². The van der Waals surface area contributed by atoms with Crippen molar-refractivity contribution in [1.29, 1.82) is 5.26 Å². The number of amidine groups is 1. The lowest BCUT2D eigenvalue weighted by molar-refractivity contribution is 0.936. The molecule has 1 aliphatic carbocycles. The van der Waals surface area contributed by atoms with Crippen LogP contribution in [0.3, 0.4) is 0 Å². The number of rotatable bonds is 3. The Balaban J connectivity index is 1.81. The number of hydrogen-bond donors (Lipinski definition) is 2. The fourth-order valence-electron chi connectivity index (χ4n) is 2.71. The highest BCUT2D eigenvalue weighted by molar-refractivity contribution is 7.80. The predicted octanol–water partition coefficient (Wildman–Crippen LogP) is 4.65. The van der Waals surface area contributed by atoms with Crippen LogP contribution in [0.1, 0.15) is 24.0 Å². The molecule has 0 radical (unpaired) electrons. The highest BCUT2D eigenvalue weighted by atomic mass is 35.5. The number of halogens is 2. The van der Waals surface area contributed by atoms with Crippen molar-refractivity contribution in [2.75, 3.05) is 5.32 Å². The smallest absolute Gasteiger partial charge is 0.198 e. The van der Waals surface area contributed by atoms with E-state index in [1.165, 1.54) is 0 Å². The Bertz CT molecular complexity index is 876. The van der Waals surface area contributed by atoms with Crippen molar-refractivity contribution in [3.05, 3.63) is 63.6 Å². The van der Waals surface area contributed by atoms with Gasteiger partial charge in [0.25, 0.3) is 0 Å². The van der Waals surface area contributed by atoms with Gasteiger partial charge in [-0.2, -0.15) is 5.26 Å². The molecule has 25 heavy (non-hydrogen) atoms. The van der Waals surface area contributed by atoms with E-state index in [9.17, 15) is 0 Å². The summed E-state index contributed by atoms with van der Waals surface area (Å²) >= 11 is 17.9. The monoisotopic (exact) mass is 388 g/mol. The lowest BCUT2D eigenvalue weighted by Gasteiger charge is -2.18. The van der Waals surface area contributed by atoms with Crippen LogP contribution in [0.4, 0.5) is 5.69 Å². The number of nitriles is 1. The van der Waals surface area contributed by atoms with Crippen LogP contribution in [0.2, 0.25) is 10.0 Å². The number of nitrogens with two attached hydrogens (primary N) is 1. The number of nitrogens with one attached hydrogen (secondary N) is 1. The average molecular weight is 389 g/mol. The SMILES string of the molecule is N#Cc1ccc(NC(=S)N=C(N)C2(c3c(Cl)cccc3Cl)CC2)cc1. The Labute approximate surface area is 161 Å². The zero-order valence-electron chi connectivity index (χ0n) is 13.1. The molecule has 0 amide bonds. The minimum atomic E-state index is -0.453. The van der Waals surface area contributed by atoms with Gasteiger partial charge in [-0.1, -0.05) is 29.3 Å². The molecule has 3 rings (SSSR count). The average Bonchev–Trinajstić information content (AvgIpc) is 3.37. The minimum absolute atomic E-state index is 0.247. The largest absolute Gasteiger partial charge is 0.386 e. The summed E-state index contributed by atoms with van der Waals surface area (Å²) in [5.41, 5.74) is 7.91. The third-order valence-electron chi connectivity index (χ3n) is 4.17. The summed E-state index contributed by atoms with van der Waals surface area (Å²) in [6.45, 7) is 0. The van der Waals surface area contributed by atoms with Gasteiger partial charge < -0.3 is 11.1 Å². The van der Waals surface area contributed by atoms with Crippen LogP contribution in [0.5, 0.6) is 0 Å². The molecule has 0 bridgehead atoms. The molecule has 0 heterocycles. The molecular formula is C18H14Cl2N4S. The second kappa shape index (κ2) is 7.01. The second-order valence-corrected chi connectivity index (χ2v) is 7.00. The first-order chi connectivity index (χ1) is 12.0. The quantitative estimate of drug-likeness (QED) is 0.455. The number of nitrogens with zero attached hydrogens (tertiary/aromatic N) is 2. The topological polar surface area (TPSA) is 74.2 Å². The molecule has 126 valence electrons. The number of hydrogen-bond acceptors (Lipinski definition) is 2. The number of anilines is 1. The van der Waals surface area contributed by atoms with Crippen molar-refractivity contribution in [1.82, 2.24) is 0 Å². The van der Waals surface area contributed by atoms with Crippen LogP contribution in [0.15, 0.2) is 47.5 Å². The Hall–Kier alpha value is -2.13. The van der Waals surface area contributed by atoms with Crippen LogP contribution in [0, 0.1) is 11.3 Å². The van der Waals surface area contributed by atoms with Crippen LogP contribution in [-0.4, -0.2) is 10.9 Å². The van der Waals surface area contributed by atoms with E-state index >= 15 is 0 Å². The van der Waals surface area contributed by atoms with Crippen molar-refractivity contribution < 1.29 is 0 Å². The molecule has 0 unspecified atom stereocenters. The van der Waals surface area contributed by atoms with Crippen LogP contribution in [-0.2, 0) is 5.41 Å². The van der Waals surface area contributed by atoms with Gasteiger partial charge in [0.05, 0.1) is 17.0 Å². The van der Waals surface area contributed by atoms with Gasteiger partial charge in [-0.25, -0.2) is 4.99 Å². The standard InChI is InChI=1S/C18H14Cl2N4S/c19-13-2-1-3-14(20)15(13)18(8-9-18)16(22)24-17(25)23-12-6-4-11(10-21)5-7-12/h1-7H,8-9H2,(H3,22,23,24,25). The lowest BCUT2D eigenvalue weighted by Crippen LogP contribution is -2.31. The van der Waals surface area contributed by atoms with Crippen LogP contribution >= 0.6 is 35.4 Å². The third kappa shape index (κ3) is 3.62. The molecular weight excluding hydrogens is 375 g/mol. The molecule has 0 aromatic heterocycles. The molecule has 1 aliphatic rings. The summed E-state index contributed by atoms with van der Waals surface area (Å²) in [4.78, 5) is 4.34. The Morgan fingerprint density at radius 3 is 2.28 bits per heavy atom. The Kier molecular flexibility index (Phi) is 4.96. The van der Waals surface area contributed by atoms with Crippen LogP contribution < -0.4 is 11.1 Å². The summed E-state index contributed by atoms with van der Waals surface area (Å²) in [5, 5.41) is 13.2. The lowest BCUT2D eigenvalue weighted by atomic mass is 9.94. The van der Waals surface area contributed by atoms with E-state index in [2.05, 4.69) is 16.4 Å². The summed E-state index contributed by atoms with van der Waals surface area (Å²) in [5.74, 6) is 0.397. The molecule has 0 aliphatic heterocycles. The molecule has 1 fully saturated rings. The Morgan fingerprint density at radius 2 is 1.76 bits per heavy atom. The van der Waals surface area contributed by atoms with Crippen molar-refractivity contribution in [3.63, 3.8) is 0 Å². The van der Waals surface area contributed by atoms with Gasteiger partial charge >= 0.3 is 0 Å². The van der Waals surface area contributed by atoms with Crippen molar-refractivity contribution >= 4 is 52.1 Å². The second-order valence-electron chi connectivity index (χ2n) is 5.80. The zero-order chi connectivity index (χ0) is 18.0. The molecule has 3 N–H and O–H groups in total. The predicted molar refractivity (Wildman–Crippen MR) is 106 cm³/mol. The molecule has 4 nitrogen and oxygen atoms in total. The van der Waals surface area contributed by atoms with Gasteiger partial charge in [0.1, 0.15) is 5.84 Å². The Morgan fingerprint density at radius 1 is 1.16 bits per heavy atom. The highest BCUT2D eigenvalue weighted by Crippen LogP contribution is 2.53. The van der Waals surface area contributed by atoms with Crippen molar-refractivity contribution in [2.24, 2.45) is 10.7 Å². The normalized spacial score (nSPS) is 15.3. The van der Waals surface area contributed by atoms with Gasteiger partial charge in [0.2, 0.25) is 0 Å². The fraction of sp³-hybridized carbons (Fsp3) is 0.167. The highest BCUT2D eigenvalue weighted by Gasteiger charge is 2.50. The van der Waals surface area contributed by atoms with E-state index in [-0.39, 0.29) is 5.11 Å². The maximum atomic E-state index is 8.82. The van der Waals surface area contributed by atoms with Crippen LogP contribution in [0.25, 0.3) is 0 Å². The molecule has 0 saturated heterocycles. The summed E-state index contributed by atoms with van der Waals surface area (Å²) in [7, 11) is 0. The molecule has 2 aromatic rings. The van der Waals surface area contributed by atoms with E-state index in [1.807, 2.05) is 0 Å². The van der Waals surface area contributed by atoms with E-state index in [4.69, 9.17) is 46.4 Å². The first kappa shape index (κ1) is 17.7. The summed E-state index contributed by atoms with van der Waals surface area (Å²) in [6, 6.07) is 14.4. The maximum Gasteiger partial charge on any atom is 0.198 e. The summed E-state index contributed by atoms with van der Waals surface area (Å²) < 4.78 is 0. The number of thiocarbonyl (C=S) groups is 1. The number of aliphatic imine (C=N–C) groups is 1. The van der Waals surface area contributed by atoms with Gasteiger partial charge in [-0.05, 0) is 61.5 Å². The summed E-state index contributed by atoms with van der Waals surface area (Å²) in [6.07, 6.45) is 1.65. The minimum Gasteiger partial charge on any atom is -0.386 e. The molecule has 0 atom stereocenters. The van der Waals surface area contributed by atoms with Gasteiger partial charge in [0.15, 0.2) is 5.11 Å².